The lowest BCUT2D eigenvalue weighted by Crippen LogP contribution is -2.35. The third kappa shape index (κ3) is 4.85. The Labute approximate surface area is 168 Å². The summed E-state index contributed by atoms with van der Waals surface area (Å²) >= 11 is 0. The van der Waals surface area contributed by atoms with Gasteiger partial charge in [-0.15, -0.1) is 12.4 Å². The van der Waals surface area contributed by atoms with Crippen LogP contribution in [0.3, 0.4) is 0 Å². The molecule has 0 bridgehead atoms. The van der Waals surface area contributed by atoms with Crippen molar-refractivity contribution in [3.8, 4) is 17.1 Å². The molecule has 2 N–H and O–H groups in total. The van der Waals surface area contributed by atoms with Gasteiger partial charge in [-0.05, 0) is 49.9 Å². The fourth-order valence-electron chi connectivity index (χ4n) is 2.93. The quantitative estimate of drug-likeness (QED) is 0.545. The van der Waals surface area contributed by atoms with Crippen molar-refractivity contribution in [1.82, 2.24) is 5.32 Å². The van der Waals surface area contributed by atoms with E-state index in [2.05, 4.69) is 52.9 Å². The topological polar surface area (TPSA) is 45.4 Å². The summed E-state index contributed by atoms with van der Waals surface area (Å²) in [5.41, 5.74) is 3.60. The molecule has 3 rings (SSSR count). The van der Waals surface area contributed by atoms with Crippen LogP contribution in [0.2, 0.25) is 0 Å². The average Bonchev–Trinajstić information content (AvgIpc) is 2.95. The highest BCUT2D eigenvalue weighted by atomic mass is 35.5. The van der Waals surface area contributed by atoms with Gasteiger partial charge in [-0.3, -0.25) is 0 Å². The average molecular weight is 388 g/mol. The van der Waals surface area contributed by atoms with Gasteiger partial charge in [0.05, 0.1) is 5.56 Å². The van der Waals surface area contributed by atoms with Gasteiger partial charge in [0.15, 0.2) is 0 Å². The van der Waals surface area contributed by atoms with Gasteiger partial charge in [-0.25, -0.2) is 0 Å². The Kier molecular flexibility index (Phi) is 5.98. The SMILES string of the molecule is CC(C)(C)NCc1cc(C(C)(C)C)cc(-c2cc3ccccc3o2)c1O.Cl. The molecule has 0 aliphatic heterocycles. The summed E-state index contributed by atoms with van der Waals surface area (Å²) in [6.07, 6.45) is 0. The normalized spacial score (nSPS) is 12.2. The number of furan rings is 1. The number of nitrogens with one attached hydrogen (secondary N) is 1. The minimum Gasteiger partial charge on any atom is -0.507 e. The predicted octanol–water partition coefficient (Wildman–Crippen LogP) is 6.41. The summed E-state index contributed by atoms with van der Waals surface area (Å²) in [5.74, 6) is 0.987. The van der Waals surface area contributed by atoms with Crippen molar-refractivity contribution in [3.05, 3.63) is 53.6 Å². The Morgan fingerprint density at radius 2 is 1.63 bits per heavy atom. The molecule has 0 aliphatic carbocycles. The van der Waals surface area contributed by atoms with Crippen molar-refractivity contribution in [3.63, 3.8) is 0 Å². The Hall–Kier alpha value is -1.97. The second-order valence-electron chi connectivity index (χ2n) is 9.03. The third-order valence-corrected chi connectivity index (χ3v) is 4.56. The number of hydrogen-bond donors (Lipinski definition) is 2. The highest BCUT2D eigenvalue weighted by Gasteiger charge is 2.22. The molecule has 4 heteroatoms. The zero-order chi connectivity index (χ0) is 19.1. The first-order chi connectivity index (χ1) is 12.0. The van der Waals surface area contributed by atoms with Crippen LogP contribution < -0.4 is 5.32 Å². The molecule has 0 radical (unpaired) electrons. The minimum absolute atomic E-state index is 0. The first kappa shape index (κ1) is 21.3. The van der Waals surface area contributed by atoms with E-state index in [9.17, 15) is 5.11 Å². The van der Waals surface area contributed by atoms with Crippen LogP contribution in [-0.2, 0) is 12.0 Å². The summed E-state index contributed by atoms with van der Waals surface area (Å²) < 4.78 is 6.02. The molecule has 1 aromatic heterocycles. The lowest BCUT2D eigenvalue weighted by molar-refractivity contribution is 0.411. The van der Waals surface area contributed by atoms with E-state index in [4.69, 9.17) is 4.42 Å². The van der Waals surface area contributed by atoms with Crippen LogP contribution >= 0.6 is 12.4 Å². The predicted molar refractivity (Wildman–Crippen MR) is 116 cm³/mol. The van der Waals surface area contributed by atoms with Crippen molar-refractivity contribution in [2.45, 2.75) is 59.0 Å². The van der Waals surface area contributed by atoms with Crippen LogP contribution in [-0.4, -0.2) is 10.6 Å². The summed E-state index contributed by atoms with van der Waals surface area (Å²) in [4.78, 5) is 0. The highest BCUT2D eigenvalue weighted by molar-refractivity contribution is 5.85. The number of hydrogen-bond acceptors (Lipinski definition) is 3. The van der Waals surface area contributed by atoms with Crippen molar-refractivity contribution in [2.75, 3.05) is 0 Å². The molecule has 146 valence electrons. The molecular formula is C23H30ClNO2. The fourth-order valence-corrected chi connectivity index (χ4v) is 2.93. The van der Waals surface area contributed by atoms with Crippen molar-refractivity contribution < 1.29 is 9.52 Å². The second-order valence-corrected chi connectivity index (χ2v) is 9.03. The molecule has 3 aromatic rings. The monoisotopic (exact) mass is 387 g/mol. The standard InChI is InChI=1S/C23H29NO2.ClH/c1-22(2,3)17-11-16(14-24-23(4,5)6)21(25)18(13-17)20-12-15-9-7-8-10-19(15)26-20;/h7-13,24-25H,14H2,1-6H3;1H. The molecule has 1 heterocycles. The summed E-state index contributed by atoms with van der Waals surface area (Å²) in [5, 5.41) is 15.5. The zero-order valence-electron chi connectivity index (χ0n) is 17.0. The van der Waals surface area contributed by atoms with Gasteiger partial charge < -0.3 is 14.8 Å². The number of phenolic OH excluding ortho intramolecular Hbond substituents is 1. The van der Waals surface area contributed by atoms with Crippen LogP contribution in [0.15, 0.2) is 46.9 Å². The largest absolute Gasteiger partial charge is 0.507 e. The number of rotatable bonds is 3. The van der Waals surface area contributed by atoms with Gasteiger partial charge in [-0.1, -0.05) is 45.0 Å². The highest BCUT2D eigenvalue weighted by Crippen LogP contribution is 2.39. The van der Waals surface area contributed by atoms with Crippen LogP contribution in [0.5, 0.6) is 5.75 Å². The summed E-state index contributed by atoms with van der Waals surface area (Å²) in [6.45, 7) is 13.5. The summed E-state index contributed by atoms with van der Waals surface area (Å²) in [7, 11) is 0. The zero-order valence-corrected chi connectivity index (χ0v) is 17.8. The van der Waals surface area contributed by atoms with Gasteiger partial charge >= 0.3 is 0 Å². The van der Waals surface area contributed by atoms with E-state index in [0.717, 1.165) is 22.1 Å². The number of para-hydroxylation sites is 1. The number of phenols is 1. The molecule has 27 heavy (non-hydrogen) atoms. The van der Waals surface area contributed by atoms with E-state index >= 15 is 0 Å². The Morgan fingerprint density at radius 1 is 0.963 bits per heavy atom. The van der Waals surface area contributed by atoms with Crippen molar-refractivity contribution >= 4 is 23.4 Å². The molecule has 0 unspecified atom stereocenters. The van der Waals surface area contributed by atoms with Crippen molar-refractivity contribution in [2.24, 2.45) is 0 Å². The number of halogens is 1. The molecule has 0 amide bonds. The van der Waals surface area contributed by atoms with Gasteiger partial charge in [0.2, 0.25) is 0 Å². The molecule has 0 saturated heterocycles. The van der Waals surface area contributed by atoms with E-state index in [0.29, 0.717) is 12.3 Å². The lowest BCUT2D eigenvalue weighted by atomic mass is 9.84. The molecule has 0 aliphatic rings. The van der Waals surface area contributed by atoms with E-state index in [1.165, 1.54) is 5.56 Å². The van der Waals surface area contributed by atoms with E-state index in [1.807, 2.05) is 36.4 Å². The molecule has 0 saturated carbocycles. The Bertz CT molecular complexity index is 897. The Morgan fingerprint density at radius 3 is 2.22 bits per heavy atom. The van der Waals surface area contributed by atoms with Gasteiger partial charge in [-0.2, -0.15) is 0 Å². The molecule has 0 fully saturated rings. The van der Waals surface area contributed by atoms with E-state index in [-0.39, 0.29) is 29.1 Å². The van der Waals surface area contributed by atoms with Crippen LogP contribution in [0, 0.1) is 0 Å². The third-order valence-electron chi connectivity index (χ3n) is 4.56. The van der Waals surface area contributed by atoms with Crippen LogP contribution in [0.25, 0.3) is 22.3 Å². The lowest BCUT2D eigenvalue weighted by Gasteiger charge is -2.24. The molecule has 0 atom stereocenters. The van der Waals surface area contributed by atoms with E-state index in [1.54, 1.807) is 0 Å². The van der Waals surface area contributed by atoms with Crippen molar-refractivity contribution in [1.29, 1.82) is 0 Å². The van der Waals surface area contributed by atoms with Gasteiger partial charge in [0.1, 0.15) is 17.1 Å². The molecule has 2 aromatic carbocycles. The maximum absolute atomic E-state index is 11.0. The minimum atomic E-state index is -0.0241. The smallest absolute Gasteiger partial charge is 0.139 e. The first-order valence-corrected chi connectivity index (χ1v) is 9.15. The first-order valence-electron chi connectivity index (χ1n) is 9.15. The molecule has 3 nitrogen and oxygen atoms in total. The molecule has 0 spiro atoms. The second kappa shape index (κ2) is 7.57. The van der Waals surface area contributed by atoms with Crippen LogP contribution in [0.1, 0.15) is 52.7 Å². The maximum Gasteiger partial charge on any atom is 0.139 e. The van der Waals surface area contributed by atoms with Gasteiger partial charge in [0, 0.05) is 23.0 Å². The summed E-state index contributed by atoms with van der Waals surface area (Å²) in [6, 6.07) is 14.1. The fraction of sp³-hybridized carbons (Fsp3) is 0.391. The maximum atomic E-state index is 11.0. The molecular weight excluding hydrogens is 358 g/mol. The Balaban J connectivity index is 0.00000261. The number of fused-ring (bicyclic) bond motifs is 1. The van der Waals surface area contributed by atoms with Crippen LogP contribution in [0.4, 0.5) is 0 Å². The number of aromatic hydroxyl groups is 1. The van der Waals surface area contributed by atoms with Gasteiger partial charge in [0.25, 0.3) is 0 Å². The van der Waals surface area contributed by atoms with E-state index < -0.39 is 0 Å². The number of benzene rings is 2.